The van der Waals surface area contributed by atoms with E-state index < -0.39 is 11.6 Å². The molecule has 0 spiro atoms. The standard InChI is InChI=1S/C25H38ClN5O5S.C2H6/c1-30(2)11-12-31(28)24(29-27)37-22-19(32)15-25(36-23(22)33,17-7-5-6-8-17)10-9-16-13-18(26)21(35-4)14-20(16)34-3;1-2/h13-14,17,32H,5-12,15,27-28H2,1-4H3;1-2H3/b29-24+;. The van der Waals surface area contributed by atoms with E-state index in [2.05, 4.69) is 5.10 Å². The van der Waals surface area contributed by atoms with E-state index in [1.165, 1.54) is 5.01 Å². The van der Waals surface area contributed by atoms with Crippen molar-refractivity contribution in [2.24, 2.45) is 22.7 Å². The molecule has 10 nitrogen and oxygen atoms in total. The van der Waals surface area contributed by atoms with Crippen molar-refractivity contribution in [3.63, 3.8) is 0 Å². The number of aryl methyl sites for hydroxylation is 1. The fraction of sp³-hybridized carbons (Fsp3) is 0.630. The summed E-state index contributed by atoms with van der Waals surface area (Å²) in [6.45, 7) is 5.10. The Morgan fingerprint density at radius 3 is 2.38 bits per heavy atom. The van der Waals surface area contributed by atoms with Gasteiger partial charge in [0.2, 0.25) is 5.17 Å². The summed E-state index contributed by atoms with van der Waals surface area (Å²) in [5, 5.41) is 16.9. The van der Waals surface area contributed by atoms with Crippen LogP contribution in [0.3, 0.4) is 0 Å². The van der Waals surface area contributed by atoms with Gasteiger partial charge < -0.3 is 30.1 Å². The second-order valence-corrected chi connectivity index (χ2v) is 11.1. The summed E-state index contributed by atoms with van der Waals surface area (Å²) in [4.78, 5) is 15.3. The Kier molecular flexibility index (Phi) is 13.0. The van der Waals surface area contributed by atoms with Crippen LogP contribution in [0.1, 0.15) is 57.9 Å². The van der Waals surface area contributed by atoms with Crippen LogP contribution in [0.25, 0.3) is 0 Å². The lowest BCUT2D eigenvalue weighted by Gasteiger charge is -2.41. The van der Waals surface area contributed by atoms with Crippen molar-refractivity contribution < 1.29 is 24.1 Å². The molecule has 1 aromatic carbocycles. The average Bonchev–Trinajstić information content (AvgIpc) is 3.47. The molecule has 39 heavy (non-hydrogen) atoms. The molecule has 3 rings (SSSR count). The highest BCUT2D eigenvalue weighted by molar-refractivity contribution is 8.17. The van der Waals surface area contributed by atoms with Gasteiger partial charge in [-0.05, 0) is 69.1 Å². The zero-order chi connectivity index (χ0) is 29.2. The predicted molar refractivity (Wildman–Crippen MR) is 158 cm³/mol. The van der Waals surface area contributed by atoms with Crippen LogP contribution in [0.5, 0.6) is 11.5 Å². The molecule has 2 aliphatic rings. The minimum Gasteiger partial charge on any atom is -0.511 e. The molecule has 0 saturated heterocycles. The molecule has 1 fully saturated rings. The summed E-state index contributed by atoms with van der Waals surface area (Å²) in [5.74, 6) is 12.3. The Bertz CT molecular complexity index is 1030. The van der Waals surface area contributed by atoms with E-state index in [1.54, 1.807) is 20.3 Å². The number of ether oxygens (including phenoxy) is 3. The number of thioether (sulfide) groups is 1. The Balaban J connectivity index is 0.00000260. The number of amidine groups is 1. The van der Waals surface area contributed by atoms with E-state index in [4.69, 9.17) is 37.5 Å². The van der Waals surface area contributed by atoms with Crippen LogP contribution in [0.4, 0.5) is 0 Å². The van der Waals surface area contributed by atoms with Crippen molar-refractivity contribution in [1.29, 1.82) is 0 Å². The van der Waals surface area contributed by atoms with Gasteiger partial charge in [0.05, 0.1) is 19.2 Å². The maximum atomic E-state index is 13.3. The summed E-state index contributed by atoms with van der Waals surface area (Å²) in [6, 6.07) is 3.57. The summed E-state index contributed by atoms with van der Waals surface area (Å²) >= 11 is 7.30. The number of hydrazone groups is 1. The van der Waals surface area contributed by atoms with Crippen molar-refractivity contribution in [3.05, 3.63) is 33.4 Å². The molecule has 1 heterocycles. The van der Waals surface area contributed by atoms with Gasteiger partial charge in [0.15, 0.2) is 0 Å². The SMILES string of the molecule is CC.COc1cc(OC)c(CCC2(C3CCCC3)CC(O)=C(S/C(=N/N)N(N)CCN(C)C)C(=O)O2)cc1Cl. The molecule has 1 atom stereocenters. The minimum absolute atomic E-state index is 0.0324. The third kappa shape index (κ3) is 8.33. The quantitative estimate of drug-likeness (QED) is 0.117. The number of rotatable bonds is 10. The largest absolute Gasteiger partial charge is 0.511 e. The molecule has 0 bridgehead atoms. The lowest BCUT2D eigenvalue weighted by Crippen LogP contribution is -2.46. The molecule has 220 valence electrons. The number of carbonyl (C=O) groups excluding carboxylic acids is 1. The molecule has 0 amide bonds. The average molecular weight is 586 g/mol. The number of aliphatic hydroxyl groups excluding tert-OH is 1. The van der Waals surface area contributed by atoms with E-state index in [9.17, 15) is 9.90 Å². The minimum atomic E-state index is -0.841. The smallest absolute Gasteiger partial charge is 0.349 e. The first kappa shape index (κ1) is 32.9. The van der Waals surface area contributed by atoms with Gasteiger partial charge in [0.1, 0.15) is 27.8 Å². The summed E-state index contributed by atoms with van der Waals surface area (Å²) in [6.07, 6.45) is 5.24. The van der Waals surface area contributed by atoms with E-state index in [-0.39, 0.29) is 28.2 Å². The number of cyclic esters (lactones) is 1. The molecule has 0 radical (unpaired) electrons. The fourth-order valence-electron chi connectivity index (χ4n) is 4.99. The van der Waals surface area contributed by atoms with E-state index in [0.717, 1.165) is 43.0 Å². The molecule has 1 aromatic rings. The van der Waals surface area contributed by atoms with Crippen LogP contribution >= 0.6 is 23.4 Å². The van der Waals surface area contributed by atoms with Gasteiger partial charge in [0, 0.05) is 25.6 Å². The topological polar surface area (TPSA) is 136 Å². The van der Waals surface area contributed by atoms with Crippen LogP contribution in [-0.2, 0) is 16.0 Å². The summed E-state index contributed by atoms with van der Waals surface area (Å²) in [5.41, 5.74) is 0.0366. The lowest BCUT2D eigenvalue weighted by atomic mass is 9.77. The first-order chi connectivity index (χ1) is 18.6. The first-order valence-corrected chi connectivity index (χ1v) is 14.5. The number of hydrazine groups is 1. The molecule has 0 aromatic heterocycles. The zero-order valence-electron chi connectivity index (χ0n) is 24.0. The number of methoxy groups -OCH3 is 2. The van der Waals surface area contributed by atoms with E-state index in [0.29, 0.717) is 42.5 Å². The normalized spacial score (nSPS) is 20.0. The maximum Gasteiger partial charge on any atom is 0.349 e. The molecular weight excluding hydrogens is 542 g/mol. The number of esters is 1. The number of nitrogens with two attached hydrogens (primary N) is 2. The van der Waals surface area contributed by atoms with Crippen LogP contribution in [0.15, 0.2) is 27.9 Å². The summed E-state index contributed by atoms with van der Waals surface area (Å²) < 4.78 is 17.1. The van der Waals surface area contributed by atoms with Crippen molar-refractivity contribution >= 4 is 34.5 Å². The summed E-state index contributed by atoms with van der Waals surface area (Å²) in [7, 11) is 6.98. The van der Waals surface area contributed by atoms with Crippen LogP contribution < -0.4 is 21.2 Å². The number of hydrogen-bond donors (Lipinski definition) is 3. The maximum absolute atomic E-state index is 13.3. The van der Waals surface area contributed by atoms with Crippen LogP contribution in [0.2, 0.25) is 5.02 Å². The molecule has 1 unspecified atom stereocenters. The molecule has 1 saturated carbocycles. The molecule has 1 aliphatic heterocycles. The van der Waals surface area contributed by atoms with E-state index in [1.807, 2.05) is 38.9 Å². The number of aliphatic hydroxyl groups is 1. The number of halogens is 1. The van der Waals surface area contributed by atoms with Crippen molar-refractivity contribution in [1.82, 2.24) is 9.91 Å². The Hall–Kier alpha value is -2.34. The molecular formula is C27H44ClN5O5S. The lowest BCUT2D eigenvalue weighted by molar-refractivity contribution is -0.166. The van der Waals surface area contributed by atoms with Crippen molar-refractivity contribution in [3.8, 4) is 11.5 Å². The second-order valence-electron chi connectivity index (χ2n) is 9.70. The first-order valence-electron chi connectivity index (χ1n) is 13.3. The highest BCUT2D eigenvalue weighted by atomic mass is 35.5. The van der Waals surface area contributed by atoms with Gasteiger partial charge >= 0.3 is 5.97 Å². The number of nitrogens with zero attached hydrogens (tertiary/aromatic N) is 3. The Labute approximate surface area is 241 Å². The van der Waals surface area contributed by atoms with Gasteiger partial charge in [-0.25, -0.2) is 10.6 Å². The van der Waals surface area contributed by atoms with Gasteiger partial charge in [-0.15, -0.1) is 0 Å². The Morgan fingerprint density at radius 2 is 1.85 bits per heavy atom. The van der Waals surface area contributed by atoms with Crippen LogP contribution in [-0.4, -0.2) is 73.2 Å². The number of carbonyl (C=O) groups is 1. The van der Waals surface area contributed by atoms with Crippen molar-refractivity contribution in [2.45, 2.75) is 64.4 Å². The highest BCUT2D eigenvalue weighted by Crippen LogP contribution is 2.47. The number of benzene rings is 1. The molecule has 12 heteroatoms. The Morgan fingerprint density at radius 1 is 1.21 bits per heavy atom. The number of hydrogen-bond acceptors (Lipinski definition) is 10. The second kappa shape index (κ2) is 15.4. The van der Waals surface area contributed by atoms with Gasteiger partial charge in [-0.3, -0.25) is 5.01 Å². The van der Waals surface area contributed by atoms with E-state index >= 15 is 0 Å². The van der Waals surface area contributed by atoms with Gasteiger partial charge in [0.25, 0.3) is 0 Å². The number of likely N-dealkylation sites (N-methyl/N-ethyl adjacent to an activating group) is 1. The third-order valence-corrected chi connectivity index (χ3v) is 8.44. The highest BCUT2D eigenvalue weighted by Gasteiger charge is 2.48. The zero-order valence-corrected chi connectivity index (χ0v) is 25.5. The fourth-order valence-corrected chi connectivity index (χ4v) is 6.01. The van der Waals surface area contributed by atoms with Crippen LogP contribution in [0, 0.1) is 5.92 Å². The molecule has 5 N–H and O–H groups in total. The third-order valence-electron chi connectivity index (χ3n) is 7.02. The molecule has 1 aliphatic carbocycles. The predicted octanol–water partition coefficient (Wildman–Crippen LogP) is 4.66. The van der Waals surface area contributed by atoms with Crippen molar-refractivity contribution in [2.75, 3.05) is 41.4 Å². The monoisotopic (exact) mass is 585 g/mol. The van der Waals surface area contributed by atoms with Gasteiger partial charge in [-0.1, -0.05) is 38.3 Å². The van der Waals surface area contributed by atoms with Gasteiger partial charge in [-0.2, -0.15) is 5.10 Å².